The van der Waals surface area contributed by atoms with Crippen LogP contribution < -0.4 is 10.5 Å². The Kier molecular flexibility index (Phi) is 4.80. The number of anilines is 1. The molecule has 110 valence electrons. The van der Waals surface area contributed by atoms with Crippen LogP contribution in [0.2, 0.25) is 0 Å². The normalized spacial score (nSPS) is 10.2. The number of rotatable bonds is 4. The van der Waals surface area contributed by atoms with Crippen LogP contribution in [0.3, 0.4) is 0 Å². The Balaban J connectivity index is 2.24. The quantitative estimate of drug-likeness (QED) is 0.674. The summed E-state index contributed by atoms with van der Waals surface area (Å²) in [6.07, 6.45) is 0. The van der Waals surface area contributed by atoms with E-state index in [4.69, 9.17) is 10.5 Å². The molecule has 0 saturated carbocycles. The number of benzene rings is 2. The number of ether oxygens (including phenoxy) is 2. The highest BCUT2D eigenvalue weighted by Crippen LogP contribution is 2.26. The van der Waals surface area contributed by atoms with Crippen molar-refractivity contribution in [2.24, 2.45) is 0 Å². The molecule has 0 saturated heterocycles. The monoisotopic (exact) mass is 353 g/mol. The van der Waals surface area contributed by atoms with Crippen molar-refractivity contribution in [2.75, 3.05) is 12.8 Å². The molecule has 0 unspecified atom stereocenters. The summed E-state index contributed by atoms with van der Waals surface area (Å²) in [5.74, 6) is -0.739. The molecule has 0 bridgehead atoms. The molecule has 2 N–H and O–H groups in total. The van der Waals surface area contributed by atoms with Gasteiger partial charge in [-0.2, -0.15) is 0 Å². The number of halogens is 2. The van der Waals surface area contributed by atoms with E-state index >= 15 is 0 Å². The molecule has 21 heavy (non-hydrogen) atoms. The molecule has 0 aliphatic carbocycles. The number of hydrogen-bond acceptors (Lipinski definition) is 4. The largest absolute Gasteiger partial charge is 0.488 e. The van der Waals surface area contributed by atoms with Crippen LogP contribution >= 0.6 is 15.9 Å². The second kappa shape index (κ2) is 6.58. The van der Waals surface area contributed by atoms with Gasteiger partial charge < -0.3 is 15.2 Å². The average molecular weight is 354 g/mol. The number of nitrogen functional groups attached to an aromatic ring is 1. The second-order valence-electron chi connectivity index (χ2n) is 4.24. The molecule has 6 heteroatoms. The molecular formula is C15H13BrFNO3. The zero-order valence-electron chi connectivity index (χ0n) is 11.2. The molecule has 2 rings (SSSR count). The molecule has 0 radical (unpaired) electrons. The maximum Gasteiger partial charge on any atom is 0.343 e. The lowest BCUT2D eigenvalue weighted by Gasteiger charge is -2.12. The summed E-state index contributed by atoms with van der Waals surface area (Å²) in [7, 11) is 1.26. The number of esters is 1. The maximum absolute atomic E-state index is 13.7. The molecule has 0 heterocycles. The molecule has 2 aromatic carbocycles. The van der Waals surface area contributed by atoms with E-state index in [0.717, 1.165) is 0 Å². The van der Waals surface area contributed by atoms with E-state index in [9.17, 15) is 9.18 Å². The lowest BCUT2D eigenvalue weighted by atomic mass is 10.1. The van der Waals surface area contributed by atoms with Crippen LogP contribution in [-0.2, 0) is 11.3 Å². The summed E-state index contributed by atoms with van der Waals surface area (Å²) in [5.41, 5.74) is 6.51. The van der Waals surface area contributed by atoms with Crippen LogP contribution in [0.5, 0.6) is 5.75 Å². The minimum atomic E-state index is -0.598. The van der Waals surface area contributed by atoms with E-state index < -0.39 is 11.8 Å². The summed E-state index contributed by atoms with van der Waals surface area (Å²) < 4.78 is 24.6. The number of carbonyl (C=O) groups excluding carboxylic acids is 1. The van der Waals surface area contributed by atoms with Gasteiger partial charge in [0.15, 0.2) is 0 Å². The molecule has 0 aliphatic heterocycles. The van der Waals surface area contributed by atoms with Crippen molar-refractivity contribution in [3.05, 3.63) is 57.8 Å². The Morgan fingerprint density at radius 3 is 2.76 bits per heavy atom. The third-order valence-electron chi connectivity index (χ3n) is 2.85. The van der Waals surface area contributed by atoms with Gasteiger partial charge >= 0.3 is 5.97 Å². The lowest BCUT2D eigenvalue weighted by molar-refractivity contribution is 0.0597. The van der Waals surface area contributed by atoms with Gasteiger partial charge in [-0.15, -0.1) is 0 Å². The summed E-state index contributed by atoms with van der Waals surface area (Å²) >= 11 is 3.18. The van der Waals surface area contributed by atoms with Gasteiger partial charge in [-0.05, 0) is 24.3 Å². The van der Waals surface area contributed by atoms with Crippen LogP contribution in [0.4, 0.5) is 10.1 Å². The van der Waals surface area contributed by atoms with Gasteiger partial charge in [-0.25, -0.2) is 9.18 Å². The molecule has 0 spiro atoms. The first-order valence-electron chi connectivity index (χ1n) is 6.06. The van der Waals surface area contributed by atoms with Gasteiger partial charge in [0, 0.05) is 15.7 Å². The van der Waals surface area contributed by atoms with E-state index in [1.54, 1.807) is 30.3 Å². The Bertz CT molecular complexity index is 676. The minimum Gasteiger partial charge on any atom is -0.488 e. The molecule has 0 fully saturated rings. The Morgan fingerprint density at radius 2 is 2.10 bits per heavy atom. The zero-order valence-corrected chi connectivity index (χ0v) is 12.8. The van der Waals surface area contributed by atoms with Crippen LogP contribution in [0.15, 0.2) is 40.9 Å². The molecule has 4 nitrogen and oxygen atoms in total. The fourth-order valence-corrected chi connectivity index (χ4v) is 2.12. The van der Waals surface area contributed by atoms with Crippen molar-refractivity contribution in [3.63, 3.8) is 0 Å². The van der Waals surface area contributed by atoms with Gasteiger partial charge in [-0.1, -0.05) is 28.1 Å². The molecule has 0 amide bonds. The standard InChI is InChI=1S/C15H13BrFNO3/c1-20-15(19)14-12(18)3-2-4-13(14)21-8-9-5-6-10(16)7-11(9)17/h2-7H,8,18H2,1H3. The highest BCUT2D eigenvalue weighted by molar-refractivity contribution is 9.10. The first kappa shape index (κ1) is 15.3. The zero-order chi connectivity index (χ0) is 15.4. The van der Waals surface area contributed by atoms with E-state index in [0.29, 0.717) is 10.0 Å². The van der Waals surface area contributed by atoms with Crippen LogP contribution in [0.25, 0.3) is 0 Å². The van der Waals surface area contributed by atoms with E-state index in [1.807, 2.05) is 0 Å². The highest BCUT2D eigenvalue weighted by atomic mass is 79.9. The Morgan fingerprint density at radius 1 is 1.33 bits per heavy atom. The van der Waals surface area contributed by atoms with Crippen molar-refractivity contribution in [1.29, 1.82) is 0 Å². The highest BCUT2D eigenvalue weighted by Gasteiger charge is 2.17. The maximum atomic E-state index is 13.7. The third kappa shape index (κ3) is 3.52. The van der Waals surface area contributed by atoms with E-state index in [2.05, 4.69) is 20.7 Å². The molecule has 0 atom stereocenters. The predicted octanol–water partition coefficient (Wildman–Crippen LogP) is 3.54. The van der Waals surface area contributed by atoms with Crippen molar-refractivity contribution in [2.45, 2.75) is 6.61 Å². The number of nitrogens with two attached hydrogens (primary N) is 1. The van der Waals surface area contributed by atoms with Gasteiger partial charge in [0.25, 0.3) is 0 Å². The molecular weight excluding hydrogens is 341 g/mol. The van der Waals surface area contributed by atoms with E-state index in [1.165, 1.54) is 13.2 Å². The first-order chi connectivity index (χ1) is 10.0. The van der Waals surface area contributed by atoms with Gasteiger partial charge in [-0.3, -0.25) is 0 Å². The van der Waals surface area contributed by atoms with Crippen molar-refractivity contribution < 1.29 is 18.7 Å². The molecule has 0 aliphatic rings. The summed E-state index contributed by atoms with van der Waals surface area (Å²) in [4.78, 5) is 11.7. The SMILES string of the molecule is COC(=O)c1c(N)cccc1OCc1ccc(Br)cc1F. The first-order valence-corrected chi connectivity index (χ1v) is 6.85. The molecule has 0 aromatic heterocycles. The van der Waals surface area contributed by atoms with Gasteiger partial charge in [0.1, 0.15) is 23.7 Å². The smallest absolute Gasteiger partial charge is 0.343 e. The van der Waals surface area contributed by atoms with Gasteiger partial charge in [0.2, 0.25) is 0 Å². The van der Waals surface area contributed by atoms with E-state index in [-0.39, 0.29) is 23.6 Å². The molecule has 2 aromatic rings. The number of hydrogen-bond donors (Lipinski definition) is 1. The fraction of sp³-hybridized carbons (Fsp3) is 0.133. The lowest BCUT2D eigenvalue weighted by Crippen LogP contribution is -2.09. The Labute approximate surface area is 129 Å². The summed E-state index contributed by atoms with van der Waals surface area (Å²) in [6.45, 7) is -0.0213. The number of methoxy groups -OCH3 is 1. The third-order valence-corrected chi connectivity index (χ3v) is 3.34. The van der Waals surface area contributed by atoms with Crippen molar-refractivity contribution in [3.8, 4) is 5.75 Å². The Hall–Kier alpha value is -2.08. The summed E-state index contributed by atoms with van der Waals surface area (Å²) in [6, 6.07) is 9.46. The van der Waals surface area contributed by atoms with Crippen molar-refractivity contribution >= 4 is 27.6 Å². The second-order valence-corrected chi connectivity index (χ2v) is 5.15. The van der Waals surface area contributed by atoms with Gasteiger partial charge in [0.05, 0.1) is 7.11 Å². The number of carbonyl (C=O) groups is 1. The predicted molar refractivity (Wildman–Crippen MR) is 80.6 cm³/mol. The van der Waals surface area contributed by atoms with Crippen LogP contribution in [-0.4, -0.2) is 13.1 Å². The summed E-state index contributed by atoms with van der Waals surface area (Å²) in [5, 5.41) is 0. The van der Waals surface area contributed by atoms with Crippen LogP contribution in [0.1, 0.15) is 15.9 Å². The average Bonchev–Trinajstić information content (AvgIpc) is 2.45. The van der Waals surface area contributed by atoms with Crippen LogP contribution in [0, 0.1) is 5.82 Å². The fourth-order valence-electron chi connectivity index (χ4n) is 1.78. The van der Waals surface area contributed by atoms with Crippen molar-refractivity contribution in [1.82, 2.24) is 0 Å². The topological polar surface area (TPSA) is 61.5 Å². The minimum absolute atomic E-state index is 0.0213.